The van der Waals surface area contributed by atoms with Crippen molar-refractivity contribution in [3.8, 4) is 11.5 Å². The van der Waals surface area contributed by atoms with E-state index < -0.39 is 30.0 Å². The summed E-state index contributed by atoms with van der Waals surface area (Å²) in [5.74, 6) is -0.101. The number of ether oxygens (including phenoxy) is 2. The Labute approximate surface area is 207 Å². The molecule has 0 unspecified atom stereocenters. The molecule has 1 aromatic heterocycles. The highest BCUT2D eigenvalue weighted by molar-refractivity contribution is 6.05. The third-order valence-corrected chi connectivity index (χ3v) is 6.03. The van der Waals surface area contributed by atoms with Crippen LogP contribution in [0.25, 0.3) is 11.0 Å². The molecule has 4 rings (SSSR count). The highest BCUT2D eigenvalue weighted by Crippen LogP contribution is 2.30. The fraction of sp³-hybridized carbons (Fsp3) is 0.333. The van der Waals surface area contributed by atoms with Crippen LogP contribution in [0.1, 0.15) is 41.8 Å². The van der Waals surface area contributed by atoms with Crippen molar-refractivity contribution in [2.75, 3.05) is 11.9 Å². The van der Waals surface area contributed by atoms with E-state index in [9.17, 15) is 24.9 Å². The summed E-state index contributed by atoms with van der Waals surface area (Å²) in [5.41, 5.74) is 1.95. The van der Waals surface area contributed by atoms with Gasteiger partial charge < -0.3 is 34.5 Å². The van der Waals surface area contributed by atoms with E-state index in [1.54, 1.807) is 25.1 Å². The molecular formula is C27H29NO8. The first-order chi connectivity index (χ1) is 17.1. The zero-order valence-electron chi connectivity index (χ0n) is 20.3. The first-order valence-corrected chi connectivity index (χ1v) is 11.6. The number of aryl methyl sites for hydroxylation is 1. The first-order valence-electron chi connectivity index (χ1n) is 11.6. The monoisotopic (exact) mass is 495 g/mol. The number of phenols is 1. The Kier molecular flexibility index (Phi) is 7.44. The van der Waals surface area contributed by atoms with Crippen molar-refractivity contribution >= 4 is 22.6 Å². The number of rotatable bonds is 6. The van der Waals surface area contributed by atoms with Crippen LogP contribution >= 0.6 is 0 Å². The number of aromatic hydroxyl groups is 1. The third kappa shape index (κ3) is 5.43. The SMILES string of the molecule is CC(C)=CCc1cc(C(=O)Nc2cc3ccc(O[C@H]4OCC[C@@H](O)[C@@H]4O)c(C)c3oc2=O)ccc1O. The van der Waals surface area contributed by atoms with Crippen molar-refractivity contribution in [1.29, 1.82) is 0 Å². The first kappa shape index (κ1) is 25.4. The van der Waals surface area contributed by atoms with Gasteiger partial charge in [0.2, 0.25) is 6.29 Å². The van der Waals surface area contributed by atoms with Crippen molar-refractivity contribution in [3.63, 3.8) is 0 Å². The lowest BCUT2D eigenvalue weighted by Gasteiger charge is -2.32. The van der Waals surface area contributed by atoms with Gasteiger partial charge in [0, 0.05) is 16.5 Å². The molecule has 0 spiro atoms. The number of carbonyl (C=O) groups excluding carboxylic acids is 1. The van der Waals surface area contributed by atoms with Gasteiger partial charge in [-0.05, 0) is 75.6 Å². The van der Waals surface area contributed by atoms with E-state index in [1.165, 1.54) is 18.2 Å². The van der Waals surface area contributed by atoms with Gasteiger partial charge >= 0.3 is 5.63 Å². The molecule has 2 heterocycles. The van der Waals surface area contributed by atoms with E-state index in [2.05, 4.69) is 5.32 Å². The second-order valence-corrected chi connectivity index (χ2v) is 9.04. The average Bonchev–Trinajstić information content (AvgIpc) is 2.84. The molecule has 1 amide bonds. The minimum Gasteiger partial charge on any atom is -0.508 e. The number of allylic oxidation sites excluding steroid dienone is 2. The summed E-state index contributed by atoms with van der Waals surface area (Å²) in [6, 6.07) is 9.31. The summed E-state index contributed by atoms with van der Waals surface area (Å²) in [7, 11) is 0. The molecule has 9 heteroatoms. The summed E-state index contributed by atoms with van der Waals surface area (Å²) >= 11 is 0. The van der Waals surface area contributed by atoms with Crippen LogP contribution < -0.4 is 15.7 Å². The fourth-order valence-electron chi connectivity index (χ4n) is 3.90. The number of benzene rings is 2. The molecule has 3 atom stereocenters. The van der Waals surface area contributed by atoms with Crippen LogP contribution in [-0.4, -0.2) is 46.3 Å². The average molecular weight is 496 g/mol. The maximum Gasteiger partial charge on any atom is 0.360 e. The number of phenolic OH excluding ortho intramolecular Hbond substituents is 1. The van der Waals surface area contributed by atoms with Crippen LogP contribution in [-0.2, 0) is 11.2 Å². The summed E-state index contributed by atoms with van der Waals surface area (Å²) in [5, 5.41) is 33.2. The number of fused-ring (bicyclic) bond motifs is 1. The van der Waals surface area contributed by atoms with Crippen LogP contribution in [0.15, 0.2) is 57.3 Å². The molecule has 4 N–H and O–H groups in total. The number of aliphatic hydroxyl groups is 2. The Bertz CT molecular complexity index is 1370. The lowest BCUT2D eigenvalue weighted by atomic mass is 10.0. The Hall–Kier alpha value is -3.66. The number of hydrogen-bond donors (Lipinski definition) is 4. The number of nitrogens with one attached hydrogen (secondary N) is 1. The summed E-state index contributed by atoms with van der Waals surface area (Å²) in [6.07, 6.45) is -0.493. The molecule has 1 aliphatic heterocycles. The minimum absolute atomic E-state index is 0.0337. The number of aliphatic hydroxyl groups excluding tert-OH is 2. The second-order valence-electron chi connectivity index (χ2n) is 9.04. The molecule has 9 nitrogen and oxygen atoms in total. The van der Waals surface area contributed by atoms with Gasteiger partial charge in [-0.2, -0.15) is 0 Å². The summed E-state index contributed by atoms with van der Waals surface area (Å²) < 4.78 is 16.6. The van der Waals surface area contributed by atoms with Crippen molar-refractivity contribution in [1.82, 2.24) is 0 Å². The summed E-state index contributed by atoms with van der Waals surface area (Å²) in [4.78, 5) is 25.5. The second kappa shape index (κ2) is 10.5. The molecule has 0 bridgehead atoms. The lowest BCUT2D eigenvalue weighted by molar-refractivity contribution is -0.207. The van der Waals surface area contributed by atoms with E-state index >= 15 is 0 Å². The highest BCUT2D eigenvalue weighted by Gasteiger charge is 2.33. The number of amides is 1. The van der Waals surface area contributed by atoms with Crippen molar-refractivity contribution < 1.29 is 34.0 Å². The molecule has 0 radical (unpaired) electrons. The molecular weight excluding hydrogens is 466 g/mol. The molecule has 0 saturated carbocycles. The quantitative estimate of drug-likeness (QED) is 0.301. The normalized spacial score (nSPS) is 19.6. The highest BCUT2D eigenvalue weighted by atomic mass is 16.7. The third-order valence-electron chi connectivity index (χ3n) is 6.03. The van der Waals surface area contributed by atoms with Gasteiger partial charge in [0.25, 0.3) is 5.91 Å². The number of hydrogen-bond acceptors (Lipinski definition) is 8. The van der Waals surface area contributed by atoms with Crippen LogP contribution in [0.3, 0.4) is 0 Å². The predicted octanol–water partition coefficient (Wildman–Crippen LogP) is 3.42. The Morgan fingerprint density at radius 1 is 1.19 bits per heavy atom. The Morgan fingerprint density at radius 3 is 2.72 bits per heavy atom. The largest absolute Gasteiger partial charge is 0.508 e. The molecule has 1 saturated heterocycles. The zero-order valence-corrected chi connectivity index (χ0v) is 20.3. The Balaban J connectivity index is 1.57. The smallest absolute Gasteiger partial charge is 0.360 e. The molecule has 1 fully saturated rings. The van der Waals surface area contributed by atoms with Gasteiger partial charge in [-0.15, -0.1) is 0 Å². The molecule has 36 heavy (non-hydrogen) atoms. The molecule has 0 aliphatic carbocycles. The van der Waals surface area contributed by atoms with Gasteiger partial charge in [-0.1, -0.05) is 11.6 Å². The van der Waals surface area contributed by atoms with Crippen LogP contribution in [0.5, 0.6) is 11.5 Å². The van der Waals surface area contributed by atoms with Gasteiger partial charge in [0.05, 0.1) is 12.7 Å². The van der Waals surface area contributed by atoms with Crippen LogP contribution in [0.4, 0.5) is 5.69 Å². The van der Waals surface area contributed by atoms with Gasteiger partial charge in [-0.25, -0.2) is 4.79 Å². The van der Waals surface area contributed by atoms with E-state index in [0.29, 0.717) is 35.1 Å². The maximum atomic E-state index is 12.8. The lowest BCUT2D eigenvalue weighted by Crippen LogP contribution is -2.47. The standard InChI is InChI=1S/C27H29NO8/c1-14(2)4-5-16-12-18(6-8-20(16)29)25(32)28-19-13-17-7-9-22(15(3)24(17)36-26(19)33)35-27-23(31)21(30)10-11-34-27/h4,6-9,12-13,21,23,27,29-31H,5,10-11H2,1-3H3,(H,28,32)/t21-,23+,27-/m1/s1. The van der Waals surface area contributed by atoms with E-state index in [1.807, 2.05) is 19.9 Å². The maximum absolute atomic E-state index is 12.8. The molecule has 1 aliphatic rings. The van der Waals surface area contributed by atoms with Crippen molar-refractivity contribution in [3.05, 3.63) is 75.2 Å². The molecule has 3 aromatic rings. The van der Waals surface area contributed by atoms with Crippen LogP contribution in [0, 0.1) is 6.92 Å². The fourth-order valence-corrected chi connectivity index (χ4v) is 3.90. The molecule has 190 valence electrons. The van der Waals surface area contributed by atoms with Gasteiger partial charge in [0.1, 0.15) is 28.9 Å². The van der Waals surface area contributed by atoms with Crippen molar-refractivity contribution in [2.45, 2.75) is 52.1 Å². The molecule has 2 aromatic carbocycles. The minimum atomic E-state index is -1.21. The van der Waals surface area contributed by atoms with E-state index in [4.69, 9.17) is 13.9 Å². The van der Waals surface area contributed by atoms with Crippen LogP contribution in [0.2, 0.25) is 0 Å². The van der Waals surface area contributed by atoms with E-state index in [0.717, 1.165) is 5.57 Å². The zero-order chi connectivity index (χ0) is 26.0. The van der Waals surface area contributed by atoms with Crippen molar-refractivity contribution in [2.24, 2.45) is 0 Å². The topological polar surface area (TPSA) is 138 Å². The summed E-state index contributed by atoms with van der Waals surface area (Å²) in [6.45, 7) is 5.82. The van der Waals surface area contributed by atoms with Gasteiger partial charge in [-0.3, -0.25) is 4.79 Å². The predicted molar refractivity (Wildman–Crippen MR) is 133 cm³/mol. The Morgan fingerprint density at radius 2 is 1.97 bits per heavy atom. The van der Waals surface area contributed by atoms with E-state index in [-0.39, 0.29) is 29.2 Å². The number of anilines is 1. The van der Waals surface area contributed by atoms with Gasteiger partial charge in [0.15, 0.2) is 0 Å². The number of carbonyl (C=O) groups is 1.